The highest BCUT2D eigenvalue weighted by atomic mass is 16.5. The molecule has 0 saturated carbocycles. The molecule has 0 bridgehead atoms. The van der Waals surface area contributed by atoms with Crippen LogP contribution in [-0.2, 0) is 20.9 Å². The predicted octanol–water partition coefficient (Wildman–Crippen LogP) is 1.89. The van der Waals surface area contributed by atoms with Crippen molar-refractivity contribution in [2.45, 2.75) is 33.2 Å². The summed E-state index contributed by atoms with van der Waals surface area (Å²) < 4.78 is 7.13. The maximum atomic E-state index is 12.8. The van der Waals surface area contributed by atoms with Crippen molar-refractivity contribution in [3.8, 4) is 0 Å². The lowest BCUT2D eigenvalue weighted by Crippen LogP contribution is -2.36. The summed E-state index contributed by atoms with van der Waals surface area (Å²) in [7, 11) is 1.64. The Labute approximate surface area is 147 Å². The van der Waals surface area contributed by atoms with E-state index >= 15 is 0 Å². The van der Waals surface area contributed by atoms with Gasteiger partial charge in [-0.2, -0.15) is 0 Å². The average Bonchev–Trinajstić information content (AvgIpc) is 3.02. The number of hydrogen-bond donors (Lipinski definition) is 0. The Hall–Kier alpha value is -2.21. The largest absolute Gasteiger partial charge is 0.383 e. The van der Waals surface area contributed by atoms with Crippen LogP contribution in [0, 0.1) is 25.7 Å². The topological polar surface area (TPSA) is 68.6 Å². The first-order valence-corrected chi connectivity index (χ1v) is 8.64. The van der Waals surface area contributed by atoms with Gasteiger partial charge in [-0.1, -0.05) is 12.2 Å². The lowest BCUT2D eigenvalue weighted by Gasteiger charge is -2.14. The number of nitrogens with zero attached hydrogens (tertiary/aromatic N) is 2. The number of likely N-dealkylation sites (tertiary alicyclic amines) is 1. The Balaban J connectivity index is 1.77. The van der Waals surface area contributed by atoms with Crippen molar-refractivity contribution < 1.29 is 19.1 Å². The van der Waals surface area contributed by atoms with Gasteiger partial charge < -0.3 is 9.30 Å². The van der Waals surface area contributed by atoms with E-state index in [2.05, 4.69) is 0 Å². The maximum Gasteiger partial charge on any atom is 0.233 e. The van der Waals surface area contributed by atoms with Crippen LogP contribution in [0.25, 0.3) is 0 Å². The molecule has 1 aromatic heterocycles. The van der Waals surface area contributed by atoms with Gasteiger partial charge in [0, 0.05) is 30.6 Å². The molecule has 2 atom stereocenters. The van der Waals surface area contributed by atoms with E-state index in [0.29, 0.717) is 31.6 Å². The van der Waals surface area contributed by atoms with Crippen LogP contribution < -0.4 is 0 Å². The zero-order valence-corrected chi connectivity index (χ0v) is 14.9. The van der Waals surface area contributed by atoms with Crippen molar-refractivity contribution in [2.24, 2.45) is 11.8 Å². The molecule has 0 N–H and O–H groups in total. The van der Waals surface area contributed by atoms with Gasteiger partial charge in [-0.15, -0.1) is 0 Å². The molecule has 0 unspecified atom stereocenters. The summed E-state index contributed by atoms with van der Waals surface area (Å²) in [4.78, 5) is 38.9. The summed E-state index contributed by atoms with van der Waals surface area (Å²) in [5.74, 6) is -1.19. The van der Waals surface area contributed by atoms with Gasteiger partial charge in [0.1, 0.15) is 0 Å². The molecule has 2 aliphatic rings. The minimum atomic E-state index is -0.292. The Morgan fingerprint density at radius 2 is 1.76 bits per heavy atom. The average molecular weight is 344 g/mol. The van der Waals surface area contributed by atoms with E-state index in [1.807, 2.05) is 36.6 Å². The highest BCUT2D eigenvalue weighted by Crippen LogP contribution is 2.35. The van der Waals surface area contributed by atoms with Crippen LogP contribution in [0.3, 0.4) is 0 Å². The summed E-state index contributed by atoms with van der Waals surface area (Å²) in [6.07, 6.45) is 5.07. The van der Waals surface area contributed by atoms with E-state index in [4.69, 9.17) is 4.74 Å². The standard InChI is InChI=1S/C19H24N2O4/c1-12-10-16(13(2)20(12)8-9-25-3)17(22)11-21-18(23)14-6-4-5-7-15(14)19(21)24/h4-5,10,14-15H,6-9,11H2,1-3H3/t14-,15-/m0/s1. The zero-order valence-electron chi connectivity index (χ0n) is 14.9. The third-order valence-corrected chi connectivity index (χ3v) is 5.29. The number of ketones is 1. The van der Waals surface area contributed by atoms with E-state index in [-0.39, 0.29) is 36.0 Å². The Bertz CT molecular complexity index is 721. The van der Waals surface area contributed by atoms with Gasteiger partial charge in [-0.05, 0) is 32.8 Å². The number of carbonyl (C=O) groups is 3. The quantitative estimate of drug-likeness (QED) is 0.449. The van der Waals surface area contributed by atoms with Crippen molar-refractivity contribution in [1.29, 1.82) is 0 Å². The van der Waals surface area contributed by atoms with Crippen molar-refractivity contribution >= 4 is 17.6 Å². The Morgan fingerprint density at radius 3 is 2.32 bits per heavy atom. The normalized spacial score (nSPS) is 22.6. The van der Waals surface area contributed by atoms with Crippen molar-refractivity contribution in [3.05, 3.63) is 35.2 Å². The predicted molar refractivity (Wildman–Crippen MR) is 92.2 cm³/mol. The fraction of sp³-hybridized carbons (Fsp3) is 0.526. The first kappa shape index (κ1) is 17.6. The number of hydrogen-bond acceptors (Lipinski definition) is 4. The van der Waals surface area contributed by atoms with E-state index < -0.39 is 0 Å². The molecule has 0 aromatic carbocycles. The number of aromatic nitrogens is 1. The van der Waals surface area contributed by atoms with Gasteiger partial charge in [0.25, 0.3) is 0 Å². The minimum absolute atomic E-state index is 0.167. The molecule has 1 saturated heterocycles. The van der Waals surface area contributed by atoms with Gasteiger partial charge in [0.15, 0.2) is 5.78 Å². The number of amides is 2. The summed E-state index contributed by atoms with van der Waals surface area (Å²) in [6, 6.07) is 1.83. The number of carbonyl (C=O) groups excluding carboxylic acids is 3. The van der Waals surface area contributed by atoms with Crippen molar-refractivity contribution in [2.75, 3.05) is 20.3 Å². The smallest absolute Gasteiger partial charge is 0.233 e. The summed E-state index contributed by atoms with van der Waals surface area (Å²) in [5, 5.41) is 0. The molecule has 25 heavy (non-hydrogen) atoms. The number of fused-ring (bicyclic) bond motifs is 1. The van der Waals surface area contributed by atoms with E-state index in [1.165, 1.54) is 0 Å². The van der Waals surface area contributed by atoms with E-state index in [9.17, 15) is 14.4 Å². The van der Waals surface area contributed by atoms with Crippen LogP contribution in [0.15, 0.2) is 18.2 Å². The fourth-order valence-corrected chi connectivity index (χ4v) is 3.86. The van der Waals surface area contributed by atoms with Crippen LogP contribution in [0.2, 0.25) is 0 Å². The molecule has 1 aliphatic heterocycles. The number of ether oxygens (including phenoxy) is 1. The van der Waals surface area contributed by atoms with Crippen LogP contribution in [0.4, 0.5) is 0 Å². The highest BCUT2D eigenvalue weighted by molar-refractivity contribution is 6.10. The second kappa shape index (κ2) is 6.96. The molecule has 1 aliphatic carbocycles. The van der Waals surface area contributed by atoms with Crippen LogP contribution in [0.5, 0.6) is 0 Å². The zero-order chi connectivity index (χ0) is 18.1. The third kappa shape index (κ3) is 3.06. The van der Waals surface area contributed by atoms with Crippen LogP contribution >= 0.6 is 0 Å². The molecular formula is C19H24N2O4. The van der Waals surface area contributed by atoms with Crippen molar-refractivity contribution in [3.63, 3.8) is 0 Å². The number of imide groups is 1. The molecule has 6 nitrogen and oxygen atoms in total. The number of allylic oxidation sites excluding steroid dienone is 2. The molecule has 2 heterocycles. The van der Waals surface area contributed by atoms with Gasteiger partial charge in [-0.25, -0.2) is 0 Å². The summed E-state index contributed by atoms with van der Waals surface area (Å²) in [6.45, 7) is 4.88. The van der Waals surface area contributed by atoms with Crippen molar-refractivity contribution in [1.82, 2.24) is 9.47 Å². The van der Waals surface area contributed by atoms with Crippen LogP contribution in [-0.4, -0.2) is 47.3 Å². The summed E-state index contributed by atoms with van der Waals surface area (Å²) in [5.41, 5.74) is 2.38. The molecular weight excluding hydrogens is 320 g/mol. The van der Waals surface area contributed by atoms with E-state index in [1.54, 1.807) is 7.11 Å². The minimum Gasteiger partial charge on any atom is -0.383 e. The molecule has 1 fully saturated rings. The Kier molecular flexibility index (Phi) is 4.90. The molecule has 134 valence electrons. The number of methoxy groups -OCH3 is 1. The molecule has 2 amide bonds. The second-order valence-electron chi connectivity index (χ2n) is 6.77. The number of aryl methyl sites for hydroxylation is 1. The third-order valence-electron chi connectivity index (χ3n) is 5.29. The highest BCUT2D eigenvalue weighted by Gasteiger charge is 2.47. The second-order valence-corrected chi connectivity index (χ2v) is 6.77. The van der Waals surface area contributed by atoms with Gasteiger partial charge >= 0.3 is 0 Å². The van der Waals surface area contributed by atoms with Crippen LogP contribution in [0.1, 0.15) is 34.6 Å². The summed E-state index contributed by atoms with van der Waals surface area (Å²) >= 11 is 0. The number of Topliss-reactive ketones (excluding diaryl/α,β-unsaturated/α-hetero) is 1. The lowest BCUT2D eigenvalue weighted by atomic mass is 9.85. The lowest BCUT2D eigenvalue weighted by molar-refractivity contribution is -0.139. The van der Waals surface area contributed by atoms with E-state index in [0.717, 1.165) is 16.3 Å². The van der Waals surface area contributed by atoms with Gasteiger partial charge in [-0.3, -0.25) is 19.3 Å². The molecule has 1 aromatic rings. The SMILES string of the molecule is COCCn1c(C)cc(C(=O)CN2C(=O)[C@H]3CC=CC[C@@H]3C2=O)c1C. The molecule has 6 heteroatoms. The van der Waals surface area contributed by atoms with Gasteiger partial charge in [0.2, 0.25) is 11.8 Å². The Morgan fingerprint density at radius 1 is 1.16 bits per heavy atom. The molecule has 0 radical (unpaired) electrons. The monoisotopic (exact) mass is 344 g/mol. The molecule has 3 rings (SSSR count). The first-order chi connectivity index (χ1) is 12.0. The number of rotatable bonds is 6. The van der Waals surface area contributed by atoms with Gasteiger partial charge in [0.05, 0.1) is 25.0 Å². The fourth-order valence-electron chi connectivity index (χ4n) is 3.86. The molecule has 0 spiro atoms. The first-order valence-electron chi connectivity index (χ1n) is 8.64. The maximum absolute atomic E-state index is 12.8.